The predicted octanol–water partition coefficient (Wildman–Crippen LogP) is 4.68. The minimum Gasteiger partial charge on any atom is -0.494 e. The molecular formula is C24H22N2O5. The van der Waals surface area contributed by atoms with Gasteiger partial charge in [-0.15, -0.1) is 0 Å². The fraction of sp³-hybridized carbons (Fsp3) is 0.125. The van der Waals surface area contributed by atoms with Crippen LogP contribution in [-0.2, 0) is 0 Å². The van der Waals surface area contributed by atoms with Crippen LogP contribution < -0.4 is 15.4 Å². The smallest absolute Gasteiger partial charge is 0.337 e. The quantitative estimate of drug-likeness (QED) is 0.493. The first-order valence-corrected chi connectivity index (χ1v) is 9.76. The summed E-state index contributed by atoms with van der Waals surface area (Å²) >= 11 is 0. The molecule has 3 rings (SSSR count). The van der Waals surface area contributed by atoms with Crippen molar-refractivity contribution in [2.24, 2.45) is 0 Å². The molecule has 7 nitrogen and oxygen atoms in total. The molecule has 0 atom stereocenters. The molecule has 0 saturated heterocycles. The number of anilines is 2. The molecule has 3 aromatic rings. The largest absolute Gasteiger partial charge is 0.494 e. The second kappa shape index (κ2) is 10.1. The molecule has 0 fully saturated rings. The van der Waals surface area contributed by atoms with E-state index in [0.29, 0.717) is 23.6 Å². The normalized spacial score (nSPS) is 10.2. The van der Waals surface area contributed by atoms with Crippen molar-refractivity contribution in [3.63, 3.8) is 0 Å². The highest BCUT2D eigenvalue weighted by Crippen LogP contribution is 2.19. The summed E-state index contributed by atoms with van der Waals surface area (Å²) in [7, 11) is 0. The van der Waals surface area contributed by atoms with Crippen molar-refractivity contribution in [1.82, 2.24) is 0 Å². The van der Waals surface area contributed by atoms with E-state index < -0.39 is 11.9 Å². The number of aromatic carboxylic acids is 1. The molecule has 0 aromatic heterocycles. The molecule has 0 unspecified atom stereocenters. The number of carboxylic acid groups (broad SMARTS) is 1. The number of benzene rings is 3. The van der Waals surface area contributed by atoms with Crippen molar-refractivity contribution in [3.05, 3.63) is 89.5 Å². The molecule has 0 heterocycles. The molecule has 0 aliphatic rings. The monoisotopic (exact) mass is 418 g/mol. The standard InChI is InChI=1S/C24H22N2O5/c1-2-14-31-19-12-10-16(11-13-19)22(27)25-18-7-5-6-17(15-18)23(28)26-21-9-4-3-8-20(21)24(29)30/h3-13,15H,2,14H2,1H3,(H,25,27)(H,26,28)(H,29,30). The van der Waals surface area contributed by atoms with Crippen LogP contribution in [0.4, 0.5) is 11.4 Å². The number of carboxylic acids is 1. The van der Waals surface area contributed by atoms with Crippen LogP contribution in [0.1, 0.15) is 44.4 Å². The van der Waals surface area contributed by atoms with Gasteiger partial charge in [0.1, 0.15) is 5.75 Å². The second-order valence-electron chi connectivity index (χ2n) is 6.71. The van der Waals surface area contributed by atoms with Gasteiger partial charge in [-0.3, -0.25) is 9.59 Å². The van der Waals surface area contributed by atoms with E-state index in [1.807, 2.05) is 6.92 Å². The van der Waals surface area contributed by atoms with Gasteiger partial charge in [0.15, 0.2) is 0 Å². The summed E-state index contributed by atoms with van der Waals surface area (Å²) in [5.74, 6) is -1.25. The predicted molar refractivity (Wildman–Crippen MR) is 118 cm³/mol. The fourth-order valence-corrected chi connectivity index (χ4v) is 2.84. The van der Waals surface area contributed by atoms with Crippen molar-refractivity contribution >= 4 is 29.2 Å². The number of carbonyl (C=O) groups excluding carboxylic acids is 2. The van der Waals surface area contributed by atoms with Gasteiger partial charge in [-0.2, -0.15) is 0 Å². The van der Waals surface area contributed by atoms with Gasteiger partial charge in [-0.05, 0) is 61.0 Å². The molecule has 3 aromatic carbocycles. The molecule has 0 saturated carbocycles. The molecule has 3 N–H and O–H groups in total. The van der Waals surface area contributed by atoms with Crippen LogP contribution in [0, 0.1) is 0 Å². The summed E-state index contributed by atoms with van der Waals surface area (Å²) in [5.41, 5.74) is 1.36. The maximum absolute atomic E-state index is 12.6. The summed E-state index contributed by atoms with van der Waals surface area (Å²) in [4.78, 5) is 36.4. The van der Waals surface area contributed by atoms with E-state index in [1.165, 1.54) is 18.2 Å². The van der Waals surface area contributed by atoms with Crippen LogP contribution in [0.2, 0.25) is 0 Å². The zero-order valence-electron chi connectivity index (χ0n) is 16.9. The Kier molecular flexibility index (Phi) is 7.01. The highest BCUT2D eigenvalue weighted by molar-refractivity contribution is 6.09. The van der Waals surface area contributed by atoms with Crippen molar-refractivity contribution < 1.29 is 24.2 Å². The highest BCUT2D eigenvalue weighted by Gasteiger charge is 2.14. The lowest BCUT2D eigenvalue weighted by Gasteiger charge is -2.10. The van der Waals surface area contributed by atoms with Crippen molar-refractivity contribution in [1.29, 1.82) is 0 Å². The molecule has 0 radical (unpaired) electrons. The third-order valence-electron chi connectivity index (χ3n) is 4.38. The SMILES string of the molecule is CCCOc1ccc(C(=O)Nc2cccc(C(=O)Nc3ccccc3C(=O)O)c2)cc1. The third kappa shape index (κ3) is 5.70. The number of para-hydroxylation sites is 1. The number of rotatable bonds is 8. The molecule has 0 aliphatic carbocycles. The third-order valence-corrected chi connectivity index (χ3v) is 4.38. The Morgan fingerprint density at radius 1 is 0.839 bits per heavy atom. The van der Waals surface area contributed by atoms with E-state index in [1.54, 1.807) is 54.6 Å². The second-order valence-corrected chi connectivity index (χ2v) is 6.71. The number of hydrogen-bond donors (Lipinski definition) is 3. The average molecular weight is 418 g/mol. The Labute approximate surface area is 179 Å². The van der Waals surface area contributed by atoms with Crippen LogP contribution in [0.15, 0.2) is 72.8 Å². The van der Waals surface area contributed by atoms with Crippen LogP contribution in [-0.4, -0.2) is 29.5 Å². The maximum Gasteiger partial charge on any atom is 0.337 e. The van der Waals surface area contributed by atoms with E-state index in [4.69, 9.17) is 4.74 Å². The van der Waals surface area contributed by atoms with E-state index >= 15 is 0 Å². The van der Waals surface area contributed by atoms with E-state index in [9.17, 15) is 19.5 Å². The van der Waals surface area contributed by atoms with Crippen LogP contribution in [0.5, 0.6) is 5.75 Å². The van der Waals surface area contributed by atoms with Gasteiger partial charge in [0.2, 0.25) is 0 Å². The number of amides is 2. The summed E-state index contributed by atoms with van der Waals surface area (Å²) in [6.45, 7) is 2.62. The van der Waals surface area contributed by atoms with Gasteiger partial charge >= 0.3 is 5.97 Å². The zero-order chi connectivity index (χ0) is 22.2. The van der Waals surface area contributed by atoms with Gasteiger partial charge in [0.25, 0.3) is 11.8 Å². The van der Waals surface area contributed by atoms with Gasteiger partial charge in [-0.1, -0.05) is 25.1 Å². The van der Waals surface area contributed by atoms with Gasteiger partial charge in [0.05, 0.1) is 17.9 Å². The number of nitrogens with one attached hydrogen (secondary N) is 2. The Balaban J connectivity index is 1.69. The van der Waals surface area contributed by atoms with Crippen molar-refractivity contribution in [2.75, 3.05) is 17.2 Å². The Morgan fingerprint density at radius 3 is 2.26 bits per heavy atom. The number of hydrogen-bond acceptors (Lipinski definition) is 4. The summed E-state index contributed by atoms with van der Waals surface area (Å²) in [6.07, 6.45) is 0.897. The van der Waals surface area contributed by atoms with E-state index in [0.717, 1.165) is 6.42 Å². The molecule has 0 aliphatic heterocycles. The molecule has 0 spiro atoms. The summed E-state index contributed by atoms with van der Waals surface area (Å²) in [6, 6.07) is 19.3. The fourth-order valence-electron chi connectivity index (χ4n) is 2.84. The first-order valence-electron chi connectivity index (χ1n) is 9.76. The van der Waals surface area contributed by atoms with E-state index in [-0.39, 0.29) is 22.7 Å². The van der Waals surface area contributed by atoms with Crippen molar-refractivity contribution in [2.45, 2.75) is 13.3 Å². The lowest BCUT2D eigenvalue weighted by molar-refractivity contribution is 0.0697. The summed E-state index contributed by atoms with van der Waals surface area (Å²) < 4.78 is 5.51. The van der Waals surface area contributed by atoms with Crippen LogP contribution >= 0.6 is 0 Å². The van der Waals surface area contributed by atoms with Crippen LogP contribution in [0.3, 0.4) is 0 Å². The first-order chi connectivity index (χ1) is 15.0. The van der Waals surface area contributed by atoms with E-state index in [2.05, 4.69) is 10.6 Å². The average Bonchev–Trinajstić information content (AvgIpc) is 2.78. The Morgan fingerprint density at radius 2 is 1.55 bits per heavy atom. The molecule has 0 bridgehead atoms. The summed E-state index contributed by atoms with van der Waals surface area (Å²) in [5, 5.41) is 14.6. The highest BCUT2D eigenvalue weighted by atomic mass is 16.5. The van der Waals surface area contributed by atoms with Gasteiger partial charge in [0, 0.05) is 16.8 Å². The molecule has 31 heavy (non-hydrogen) atoms. The van der Waals surface area contributed by atoms with Crippen LogP contribution in [0.25, 0.3) is 0 Å². The Bertz CT molecular complexity index is 1090. The molecule has 7 heteroatoms. The molecular weight excluding hydrogens is 396 g/mol. The number of carbonyl (C=O) groups is 3. The zero-order valence-corrected chi connectivity index (χ0v) is 16.9. The van der Waals surface area contributed by atoms with Crippen molar-refractivity contribution in [3.8, 4) is 5.75 Å². The van der Waals surface area contributed by atoms with Gasteiger partial charge < -0.3 is 20.5 Å². The minimum absolute atomic E-state index is 0.00771. The number of ether oxygens (including phenoxy) is 1. The Hall–Kier alpha value is -4.13. The molecule has 2 amide bonds. The lowest BCUT2D eigenvalue weighted by atomic mass is 10.1. The maximum atomic E-state index is 12.6. The minimum atomic E-state index is -1.14. The van der Waals surface area contributed by atoms with Gasteiger partial charge in [-0.25, -0.2) is 4.79 Å². The first kappa shape index (κ1) is 21.6. The topological polar surface area (TPSA) is 105 Å². The molecule has 158 valence electrons. The lowest BCUT2D eigenvalue weighted by Crippen LogP contribution is -2.16.